The average molecular weight is 355 g/mol. The minimum atomic E-state index is -0.119. The quantitative estimate of drug-likeness (QED) is 0.861. The number of carbonyl (C=O) groups is 2. The molecule has 2 aliphatic rings. The summed E-state index contributed by atoms with van der Waals surface area (Å²) in [6.07, 6.45) is 6.19. The Balaban J connectivity index is 1.53. The molecule has 3 unspecified atom stereocenters. The first-order chi connectivity index (χ1) is 12.1. The Labute approximate surface area is 150 Å². The summed E-state index contributed by atoms with van der Waals surface area (Å²) in [4.78, 5) is 31.0. The summed E-state index contributed by atoms with van der Waals surface area (Å²) in [6.45, 7) is 0.596. The molecular weight excluding hydrogens is 334 g/mol. The highest BCUT2D eigenvalue weighted by Crippen LogP contribution is 2.38. The zero-order valence-electron chi connectivity index (χ0n) is 14.1. The Morgan fingerprint density at radius 1 is 1.28 bits per heavy atom. The minimum absolute atomic E-state index is 0.0432. The number of likely N-dealkylation sites (tertiary alicyclic amines) is 1. The van der Waals surface area contributed by atoms with Crippen LogP contribution in [0.4, 0.5) is 0 Å². The summed E-state index contributed by atoms with van der Waals surface area (Å²) in [5.41, 5.74) is 0.999. The number of nitrogens with one attached hydrogen (secondary N) is 1. The molecule has 0 radical (unpaired) electrons. The number of likely N-dealkylation sites (N-methyl/N-ethyl adjacent to an activating group) is 1. The van der Waals surface area contributed by atoms with Crippen molar-refractivity contribution in [2.24, 2.45) is 5.92 Å². The normalized spacial score (nSPS) is 26.4. The third kappa shape index (κ3) is 3.18. The lowest BCUT2D eigenvalue weighted by Crippen LogP contribution is -2.42. The lowest BCUT2D eigenvalue weighted by atomic mass is 9.82. The van der Waals surface area contributed by atoms with E-state index in [-0.39, 0.29) is 29.7 Å². The minimum Gasteiger partial charge on any atom is -0.351 e. The summed E-state index contributed by atoms with van der Waals surface area (Å²) in [5.74, 6) is 0.127. The molecule has 6 heteroatoms. The third-order valence-corrected chi connectivity index (χ3v) is 6.25. The number of fused-ring (bicyclic) bond motifs is 1. The molecule has 2 aromatic rings. The second-order valence-electron chi connectivity index (χ2n) is 6.86. The second-order valence-corrected chi connectivity index (χ2v) is 7.92. The van der Waals surface area contributed by atoms with Crippen LogP contribution in [0, 0.1) is 5.92 Å². The van der Waals surface area contributed by atoms with Crippen LogP contribution in [0.15, 0.2) is 36.4 Å². The number of nitrogens with zero attached hydrogens (tertiary/aromatic N) is 2. The summed E-state index contributed by atoms with van der Waals surface area (Å²) < 4.78 is 1.16. The number of amides is 2. The van der Waals surface area contributed by atoms with Gasteiger partial charge in [0.1, 0.15) is 0 Å². The van der Waals surface area contributed by atoms with Crippen LogP contribution in [0.25, 0.3) is 10.2 Å². The van der Waals surface area contributed by atoms with Crippen LogP contribution in [-0.2, 0) is 9.59 Å². The number of thiazole rings is 1. The van der Waals surface area contributed by atoms with Gasteiger partial charge in [0.2, 0.25) is 11.8 Å². The zero-order chi connectivity index (χ0) is 17.4. The van der Waals surface area contributed by atoms with Crippen molar-refractivity contribution >= 4 is 33.4 Å². The average Bonchev–Trinajstić information content (AvgIpc) is 3.18. The molecule has 5 nitrogen and oxygen atoms in total. The maximum Gasteiger partial charge on any atom is 0.224 e. The number of aromatic nitrogens is 1. The van der Waals surface area contributed by atoms with Crippen molar-refractivity contribution in [3.05, 3.63) is 41.4 Å². The number of para-hydroxylation sites is 1. The first kappa shape index (κ1) is 16.3. The molecule has 2 amide bonds. The van der Waals surface area contributed by atoms with E-state index in [1.807, 2.05) is 18.2 Å². The van der Waals surface area contributed by atoms with Crippen LogP contribution in [0.5, 0.6) is 0 Å². The molecule has 25 heavy (non-hydrogen) atoms. The molecule has 0 saturated carbocycles. The van der Waals surface area contributed by atoms with Crippen molar-refractivity contribution in [3.8, 4) is 0 Å². The van der Waals surface area contributed by atoms with Gasteiger partial charge in [-0.1, -0.05) is 24.3 Å². The molecule has 1 fully saturated rings. The Hall–Kier alpha value is -2.21. The smallest absolute Gasteiger partial charge is 0.224 e. The van der Waals surface area contributed by atoms with Gasteiger partial charge in [-0.3, -0.25) is 9.59 Å². The van der Waals surface area contributed by atoms with Crippen LogP contribution >= 0.6 is 11.3 Å². The number of benzene rings is 1. The van der Waals surface area contributed by atoms with Crippen LogP contribution in [-0.4, -0.2) is 41.3 Å². The maximum absolute atomic E-state index is 12.9. The molecule has 1 aliphatic heterocycles. The largest absolute Gasteiger partial charge is 0.351 e. The van der Waals surface area contributed by atoms with E-state index in [2.05, 4.69) is 23.5 Å². The lowest BCUT2D eigenvalue weighted by molar-refractivity contribution is -0.126. The van der Waals surface area contributed by atoms with Crippen molar-refractivity contribution in [2.75, 3.05) is 13.6 Å². The first-order valence-corrected chi connectivity index (χ1v) is 9.48. The highest BCUT2D eigenvalue weighted by atomic mass is 32.1. The molecule has 0 spiro atoms. The predicted molar refractivity (Wildman–Crippen MR) is 98.4 cm³/mol. The van der Waals surface area contributed by atoms with Crippen molar-refractivity contribution in [1.29, 1.82) is 0 Å². The maximum atomic E-state index is 12.9. The van der Waals surface area contributed by atoms with E-state index in [1.165, 1.54) is 0 Å². The Bertz CT molecular complexity index is 811. The zero-order valence-corrected chi connectivity index (χ0v) is 15.0. The fourth-order valence-electron chi connectivity index (χ4n) is 3.69. The fraction of sp³-hybridized carbons (Fsp3) is 0.421. The molecule has 1 aliphatic carbocycles. The molecule has 0 bridgehead atoms. The van der Waals surface area contributed by atoms with E-state index in [9.17, 15) is 9.59 Å². The lowest BCUT2D eigenvalue weighted by Gasteiger charge is -2.27. The fourth-order valence-corrected chi connectivity index (χ4v) is 4.84. The van der Waals surface area contributed by atoms with Crippen molar-refractivity contribution in [2.45, 2.75) is 31.2 Å². The molecule has 1 aromatic heterocycles. The monoisotopic (exact) mass is 355 g/mol. The molecule has 130 valence electrons. The molecule has 3 atom stereocenters. The highest BCUT2D eigenvalue weighted by Gasteiger charge is 2.35. The van der Waals surface area contributed by atoms with Gasteiger partial charge in [0.25, 0.3) is 0 Å². The van der Waals surface area contributed by atoms with Gasteiger partial charge in [-0.15, -0.1) is 11.3 Å². The molecule has 1 aromatic carbocycles. The summed E-state index contributed by atoms with van der Waals surface area (Å²) in [6, 6.07) is 8.02. The van der Waals surface area contributed by atoms with Gasteiger partial charge in [0.15, 0.2) is 0 Å². The van der Waals surface area contributed by atoms with E-state index in [1.54, 1.807) is 23.3 Å². The van der Waals surface area contributed by atoms with Crippen LogP contribution < -0.4 is 5.32 Å². The second kappa shape index (κ2) is 6.59. The van der Waals surface area contributed by atoms with E-state index in [0.717, 1.165) is 28.1 Å². The van der Waals surface area contributed by atoms with Crippen molar-refractivity contribution < 1.29 is 9.59 Å². The highest BCUT2D eigenvalue weighted by molar-refractivity contribution is 7.18. The third-order valence-electron chi connectivity index (χ3n) is 5.08. The summed E-state index contributed by atoms with van der Waals surface area (Å²) in [7, 11) is 1.78. The van der Waals surface area contributed by atoms with Gasteiger partial charge in [0.05, 0.1) is 27.2 Å². The SMILES string of the molecule is CN1CC(NC(=O)C2CC=CCC2c2nc3ccccc3s2)CC1=O. The van der Waals surface area contributed by atoms with Crippen LogP contribution in [0.3, 0.4) is 0 Å². The molecule has 2 heterocycles. The Kier molecular flexibility index (Phi) is 4.29. The van der Waals surface area contributed by atoms with Gasteiger partial charge in [-0.05, 0) is 25.0 Å². The number of hydrogen-bond acceptors (Lipinski definition) is 4. The molecule has 4 rings (SSSR count). The molecular formula is C19H21N3O2S. The van der Waals surface area contributed by atoms with E-state index in [0.29, 0.717) is 13.0 Å². The van der Waals surface area contributed by atoms with Gasteiger partial charge in [-0.25, -0.2) is 4.98 Å². The molecule has 1 saturated heterocycles. The van der Waals surface area contributed by atoms with E-state index in [4.69, 9.17) is 4.98 Å². The standard InChI is InChI=1S/C19H21N3O2S/c1-22-11-12(10-17(22)23)20-18(24)13-6-2-3-7-14(13)19-21-15-8-4-5-9-16(15)25-19/h2-5,8-9,12-14H,6-7,10-11H2,1H3,(H,20,24). The van der Waals surface area contributed by atoms with E-state index >= 15 is 0 Å². The van der Waals surface area contributed by atoms with E-state index < -0.39 is 0 Å². The predicted octanol–water partition coefficient (Wildman–Crippen LogP) is 2.69. The number of rotatable bonds is 3. The topological polar surface area (TPSA) is 62.3 Å². The van der Waals surface area contributed by atoms with Gasteiger partial charge in [0, 0.05) is 25.9 Å². The summed E-state index contributed by atoms with van der Waals surface area (Å²) in [5, 5.41) is 4.12. The van der Waals surface area contributed by atoms with Gasteiger partial charge in [-0.2, -0.15) is 0 Å². The number of carbonyl (C=O) groups excluding carboxylic acids is 2. The first-order valence-electron chi connectivity index (χ1n) is 8.66. The van der Waals surface area contributed by atoms with Crippen molar-refractivity contribution in [1.82, 2.24) is 15.2 Å². The van der Waals surface area contributed by atoms with Crippen LogP contribution in [0.2, 0.25) is 0 Å². The van der Waals surface area contributed by atoms with Crippen molar-refractivity contribution in [3.63, 3.8) is 0 Å². The summed E-state index contributed by atoms with van der Waals surface area (Å²) >= 11 is 1.68. The van der Waals surface area contributed by atoms with Gasteiger partial charge >= 0.3 is 0 Å². The van der Waals surface area contributed by atoms with Crippen LogP contribution in [0.1, 0.15) is 30.2 Å². The number of allylic oxidation sites excluding steroid dienone is 2. The Morgan fingerprint density at radius 2 is 2.08 bits per heavy atom. The molecule has 1 N–H and O–H groups in total. The number of hydrogen-bond donors (Lipinski definition) is 1. The Morgan fingerprint density at radius 3 is 2.84 bits per heavy atom. The van der Waals surface area contributed by atoms with Gasteiger partial charge < -0.3 is 10.2 Å².